The second-order valence-corrected chi connectivity index (χ2v) is 8.75. The molecule has 0 heterocycles. The predicted octanol–water partition coefficient (Wildman–Crippen LogP) is 3.90. The van der Waals surface area contributed by atoms with Crippen LogP contribution in [0.25, 0.3) is 0 Å². The van der Waals surface area contributed by atoms with Gasteiger partial charge in [0.1, 0.15) is 5.60 Å². The topological polar surface area (TPSA) is 95.0 Å². The molecule has 0 fully saturated rings. The van der Waals surface area contributed by atoms with Gasteiger partial charge in [-0.15, -0.1) is 24.0 Å². The first-order chi connectivity index (χ1) is 13.0. The third-order valence-corrected chi connectivity index (χ3v) is 5.06. The van der Waals surface area contributed by atoms with Crippen molar-refractivity contribution in [3.63, 3.8) is 0 Å². The van der Waals surface area contributed by atoms with Gasteiger partial charge in [0.05, 0.1) is 6.04 Å². The van der Waals surface area contributed by atoms with Crippen LogP contribution in [0.15, 0.2) is 4.99 Å². The number of nitrogens with one attached hydrogen (secondary N) is 3. The number of nitrogens with zero attached hydrogens (tertiary/aromatic N) is 1. The van der Waals surface area contributed by atoms with Gasteiger partial charge >= 0.3 is 6.09 Å². The summed E-state index contributed by atoms with van der Waals surface area (Å²) in [6.07, 6.45) is 2.29. The molecule has 0 saturated heterocycles. The minimum absolute atomic E-state index is 0. The molecule has 0 radical (unpaired) electrons. The van der Waals surface area contributed by atoms with E-state index >= 15 is 0 Å². The number of hydrogen-bond donors (Lipinski definition) is 4. The van der Waals surface area contributed by atoms with E-state index in [1.807, 2.05) is 27.7 Å². The van der Waals surface area contributed by atoms with E-state index < -0.39 is 11.7 Å². The molecule has 8 heteroatoms. The molecule has 1 unspecified atom stereocenters. The number of ether oxygens (including phenoxy) is 1. The average molecular weight is 529 g/mol. The molecule has 1 atom stereocenters. The van der Waals surface area contributed by atoms with E-state index in [2.05, 4.69) is 43.6 Å². The molecule has 0 aliphatic carbocycles. The van der Waals surface area contributed by atoms with E-state index in [1.165, 1.54) is 0 Å². The van der Waals surface area contributed by atoms with Crippen LogP contribution in [0, 0.1) is 11.3 Å². The maximum Gasteiger partial charge on any atom is 0.407 e. The first-order valence-corrected chi connectivity index (χ1v) is 10.6. The number of aliphatic imine (C=N–C) groups is 1. The minimum atomic E-state index is -0.522. The van der Waals surface area contributed by atoms with Crippen molar-refractivity contribution < 1.29 is 14.6 Å². The van der Waals surface area contributed by atoms with Crippen molar-refractivity contribution in [3.8, 4) is 0 Å². The average Bonchev–Trinajstić information content (AvgIpc) is 2.60. The standard InChI is InChI=1S/C21H44N4O3.HI/c1-9-21(10-2,12-13-26)15-24-18(22-11-3)23-14-17(16(4)5)25-19(27)28-20(6,7)8;/h16-17,26H,9-15H2,1-8H3,(H,25,27)(H2,22,23,24);1H. The summed E-state index contributed by atoms with van der Waals surface area (Å²) >= 11 is 0. The number of guanidine groups is 1. The Kier molecular flexibility index (Phi) is 15.8. The molecule has 0 spiro atoms. The van der Waals surface area contributed by atoms with Crippen molar-refractivity contribution in [1.29, 1.82) is 0 Å². The Morgan fingerprint density at radius 1 is 1.10 bits per heavy atom. The first-order valence-electron chi connectivity index (χ1n) is 10.6. The molecule has 174 valence electrons. The number of carbonyl (C=O) groups excluding carboxylic acids is 1. The summed E-state index contributed by atoms with van der Waals surface area (Å²) in [6.45, 7) is 18.1. The Morgan fingerprint density at radius 2 is 1.69 bits per heavy atom. The van der Waals surface area contributed by atoms with Crippen molar-refractivity contribution in [3.05, 3.63) is 0 Å². The highest BCUT2D eigenvalue weighted by Gasteiger charge is 2.26. The summed E-state index contributed by atoms with van der Waals surface area (Å²) < 4.78 is 5.37. The van der Waals surface area contributed by atoms with Gasteiger partial charge in [-0.1, -0.05) is 27.7 Å². The van der Waals surface area contributed by atoms with Crippen LogP contribution >= 0.6 is 24.0 Å². The van der Waals surface area contributed by atoms with Crippen LogP contribution in [0.4, 0.5) is 4.79 Å². The van der Waals surface area contributed by atoms with Gasteiger partial charge in [-0.3, -0.25) is 4.99 Å². The molecule has 4 N–H and O–H groups in total. The van der Waals surface area contributed by atoms with Crippen molar-refractivity contribution in [2.24, 2.45) is 16.3 Å². The molecule has 0 rings (SSSR count). The Hall–Kier alpha value is -0.770. The van der Waals surface area contributed by atoms with Gasteiger partial charge in [-0.05, 0) is 58.3 Å². The lowest BCUT2D eigenvalue weighted by atomic mass is 9.79. The SMILES string of the molecule is CCNC(=NCC(CC)(CC)CCO)NCC(NC(=O)OC(C)(C)C)C(C)C.I. The van der Waals surface area contributed by atoms with Crippen molar-refractivity contribution in [2.75, 3.05) is 26.2 Å². The lowest BCUT2D eigenvalue weighted by Crippen LogP contribution is -2.50. The van der Waals surface area contributed by atoms with Crippen molar-refractivity contribution >= 4 is 36.0 Å². The van der Waals surface area contributed by atoms with E-state index in [0.717, 1.165) is 31.8 Å². The lowest BCUT2D eigenvalue weighted by molar-refractivity contribution is 0.0491. The molecule has 0 aliphatic heterocycles. The predicted molar refractivity (Wildman–Crippen MR) is 132 cm³/mol. The van der Waals surface area contributed by atoms with Crippen LogP contribution in [0.3, 0.4) is 0 Å². The molecule has 7 nitrogen and oxygen atoms in total. The Bertz CT molecular complexity index is 475. The Balaban J connectivity index is 0. The van der Waals surface area contributed by atoms with Crippen LogP contribution in [0.2, 0.25) is 0 Å². The fourth-order valence-corrected chi connectivity index (χ4v) is 2.85. The van der Waals surface area contributed by atoms with Crippen LogP contribution in [-0.2, 0) is 4.74 Å². The smallest absolute Gasteiger partial charge is 0.407 e. The molecule has 0 aliphatic rings. The van der Waals surface area contributed by atoms with E-state index in [4.69, 9.17) is 9.73 Å². The molecule has 0 aromatic rings. The molecule has 29 heavy (non-hydrogen) atoms. The van der Waals surface area contributed by atoms with E-state index in [9.17, 15) is 9.90 Å². The first kappa shape index (κ1) is 30.4. The van der Waals surface area contributed by atoms with E-state index in [0.29, 0.717) is 13.1 Å². The van der Waals surface area contributed by atoms with Crippen LogP contribution in [-0.4, -0.2) is 55.0 Å². The largest absolute Gasteiger partial charge is 0.444 e. The molecule has 0 aromatic carbocycles. The highest BCUT2D eigenvalue weighted by molar-refractivity contribution is 14.0. The normalized spacial score (nSPS) is 13.5. The van der Waals surface area contributed by atoms with Crippen LogP contribution < -0.4 is 16.0 Å². The summed E-state index contributed by atoms with van der Waals surface area (Å²) in [7, 11) is 0. The molecular formula is C21H45IN4O3. The van der Waals surface area contributed by atoms with Gasteiger partial charge < -0.3 is 25.8 Å². The number of alkyl carbamates (subject to hydrolysis) is 1. The molecular weight excluding hydrogens is 483 g/mol. The Labute approximate surface area is 195 Å². The quantitative estimate of drug-likeness (QED) is 0.185. The summed E-state index contributed by atoms with van der Waals surface area (Å²) in [5.74, 6) is 0.964. The number of hydrogen-bond acceptors (Lipinski definition) is 4. The van der Waals surface area contributed by atoms with Gasteiger partial charge in [0.2, 0.25) is 0 Å². The van der Waals surface area contributed by atoms with Crippen LogP contribution in [0.1, 0.15) is 74.7 Å². The van der Waals surface area contributed by atoms with Crippen molar-refractivity contribution in [1.82, 2.24) is 16.0 Å². The fourth-order valence-electron chi connectivity index (χ4n) is 2.85. The summed E-state index contributed by atoms with van der Waals surface area (Å²) in [4.78, 5) is 16.9. The number of halogens is 1. The molecule has 0 aromatic heterocycles. The minimum Gasteiger partial charge on any atom is -0.444 e. The second kappa shape index (κ2) is 15.1. The number of amides is 1. The maximum absolute atomic E-state index is 12.1. The van der Waals surface area contributed by atoms with Gasteiger partial charge in [-0.25, -0.2) is 4.79 Å². The number of carbonyl (C=O) groups is 1. The number of rotatable bonds is 11. The summed E-state index contributed by atoms with van der Waals surface area (Å²) in [5.41, 5.74) is -0.505. The zero-order valence-corrected chi connectivity index (χ0v) is 22.1. The summed E-state index contributed by atoms with van der Waals surface area (Å²) in [5, 5.41) is 19.0. The third-order valence-electron chi connectivity index (χ3n) is 5.06. The van der Waals surface area contributed by atoms with Gasteiger partial charge in [0, 0.05) is 26.2 Å². The molecule has 1 amide bonds. The summed E-state index contributed by atoms with van der Waals surface area (Å²) in [6, 6.07) is -0.0849. The number of aliphatic hydroxyl groups is 1. The molecule has 0 bridgehead atoms. The van der Waals surface area contributed by atoms with Gasteiger partial charge in [0.15, 0.2) is 5.96 Å². The van der Waals surface area contributed by atoms with E-state index in [1.54, 1.807) is 0 Å². The fraction of sp³-hybridized carbons (Fsp3) is 0.905. The zero-order chi connectivity index (χ0) is 21.8. The van der Waals surface area contributed by atoms with Crippen molar-refractivity contribution in [2.45, 2.75) is 86.3 Å². The Morgan fingerprint density at radius 3 is 2.10 bits per heavy atom. The maximum atomic E-state index is 12.1. The third kappa shape index (κ3) is 13.2. The highest BCUT2D eigenvalue weighted by atomic mass is 127. The van der Waals surface area contributed by atoms with Gasteiger partial charge in [0.25, 0.3) is 0 Å². The molecule has 0 saturated carbocycles. The number of aliphatic hydroxyl groups excluding tert-OH is 1. The lowest BCUT2D eigenvalue weighted by Gasteiger charge is -2.30. The second-order valence-electron chi connectivity index (χ2n) is 8.75. The monoisotopic (exact) mass is 528 g/mol. The van der Waals surface area contributed by atoms with E-state index in [-0.39, 0.29) is 48.0 Å². The zero-order valence-electron chi connectivity index (χ0n) is 19.7. The van der Waals surface area contributed by atoms with Gasteiger partial charge in [-0.2, -0.15) is 0 Å². The van der Waals surface area contributed by atoms with Crippen LogP contribution in [0.5, 0.6) is 0 Å². The highest BCUT2D eigenvalue weighted by Crippen LogP contribution is 2.30.